The first-order chi connectivity index (χ1) is 53.4. The summed E-state index contributed by atoms with van der Waals surface area (Å²) in [7, 11) is 0. The molecular weight excluding hydrogens is 1330 g/mol. The highest BCUT2D eigenvalue weighted by molar-refractivity contribution is 6.07. The predicted octanol–water partition coefficient (Wildman–Crippen LogP) is 26.7. The van der Waals surface area contributed by atoms with Crippen molar-refractivity contribution in [3.8, 4) is 55.6 Å². The van der Waals surface area contributed by atoms with Crippen LogP contribution in [0.15, 0.2) is 237 Å². The summed E-state index contributed by atoms with van der Waals surface area (Å²) >= 11 is 0. The van der Waals surface area contributed by atoms with Crippen LogP contribution in [0.2, 0.25) is 0 Å². The van der Waals surface area contributed by atoms with Gasteiger partial charge in [-0.2, -0.15) is 0 Å². The second kappa shape index (κ2) is 28.1. The fourth-order valence-corrected chi connectivity index (χ4v) is 22.4. The van der Waals surface area contributed by atoms with Crippen LogP contribution in [0.4, 0.5) is 0 Å². The zero-order valence-corrected chi connectivity index (χ0v) is 66.2. The summed E-state index contributed by atoms with van der Waals surface area (Å²) in [5.41, 5.74) is 44.8. The lowest BCUT2D eigenvalue weighted by Crippen LogP contribution is -2.26. The van der Waals surface area contributed by atoms with Crippen molar-refractivity contribution in [2.75, 3.05) is 13.2 Å². The van der Waals surface area contributed by atoms with E-state index in [4.69, 9.17) is 4.74 Å². The number of Topliss-reactive ketones (excluding diaryl/α,β-unsaturated/α-hetero) is 2. The summed E-state index contributed by atoms with van der Waals surface area (Å²) in [6.45, 7) is 21.4. The average molecular weight is 1440 g/mol. The normalized spacial score (nSPS) is 18.8. The molecule has 22 rings (SSSR count). The highest BCUT2D eigenvalue weighted by Crippen LogP contribution is 2.62. The number of aryl methyl sites for hydroxylation is 9. The van der Waals surface area contributed by atoms with Gasteiger partial charge in [-0.3, -0.25) is 9.59 Å². The summed E-state index contributed by atoms with van der Waals surface area (Å²) < 4.78 is 5.78. The molecule has 9 aliphatic carbocycles. The number of fused-ring (bicyclic) bond motifs is 29. The Hall–Kier alpha value is -10.1. The molecule has 2 saturated carbocycles. The van der Waals surface area contributed by atoms with Gasteiger partial charge >= 0.3 is 0 Å². The number of rotatable bonds is 0. The van der Waals surface area contributed by atoms with Gasteiger partial charge in [-0.15, -0.1) is 0 Å². The summed E-state index contributed by atoms with van der Waals surface area (Å²) in [5.74, 6) is 0.511. The second-order valence-corrected chi connectivity index (χ2v) is 34.7. The molecule has 3 fully saturated rings. The second-order valence-electron chi connectivity index (χ2n) is 34.7. The molecule has 0 radical (unpaired) electrons. The van der Waals surface area contributed by atoms with E-state index in [2.05, 4.69) is 275 Å². The Kier molecular flexibility index (Phi) is 18.2. The van der Waals surface area contributed by atoms with Gasteiger partial charge in [0.1, 0.15) is 0 Å². The molecule has 110 heavy (non-hydrogen) atoms. The lowest BCUT2D eigenvalue weighted by atomic mass is 9.69. The molecule has 3 heteroatoms. The van der Waals surface area contributed by atoms with Gasteiger partial charge in [0.2, 0.25) is 0 Å². The van der Waals surface area contributed by atoms with Crippen LogP contribution in [0.25, 0.3) is 55.6 Å². The zero-order chi connectivity index (χ0) is 75.4. The van der Waals surface area contributed by atoms with E-state index in [0.29, 0.717) is 23.7 Å². The van der Waals surface area contributed by atoms with Gasteiger partial charge in [0, 0.05) is 46.8 Å². The van der Waals surface area contributed by atoms with Gasteiger partial charge in [0.05, 0.1) is 17.4 Å². The van der Waals surface area contributed by atoms with E-state index in [0.717, 1.165) is 30.8 Å². The third-order valence-corrected chi connectivity index (χ3v) is 27.5. The summed E-state index contributed by atoms with van der Waals surface area (Å²) in [6.07, 6.45) is 21.5. The van der Waals surface area contributed by atoms with Crippen molar-refractivity contribution in [3.05, 3.63) is 365 Å². The lowest BCUT2D eigenvalue weighted by molar-refractivity contribution is 0.0976. The van der Waals surface area contributed by atoms with Gasteiger partial charge in [-0.05, 0) is 217 Å². The number of carbonyl (C=O) groups excluding carboxylic acids is 2. The summed E-state index contributed by atoms with van der Waals surface area (Å²) in [4.78, 5) is 25.5. The van der Waals surface area contributed by atoms with Crippen molar-refractivity contribution in [2.45, 2.75) is 199 Å². The fraction of sp³-hybridized carbons (Fsp3) is 0.308. The van der Waals surface area contributed by atoms with E-state index < -0.39 is 0 Å². The number of hydrogen-bond acceptors (Lipinski definition) is 3. The van der Waals surface area contributed by atoms with Crippen molar-refractivity contribution >= 4 is 11.6 Å². The molecule has 0 N–H and O–H groups in total. The Morgan fingerprint density at radius 2 is 0.436 bits per heavy atom. The molecule has 0 bridgehead atoms. The Balaban J connectivity index is 0.0000000966. The number of hydrogen-bond donors (Lipinski definition) is 0. The average Bonchev–Trinajstić information content (AvgIpc) is 1.53. The maximum Gasteiger partial charge on any atom is 0.164 e. The summed E-state index contributed by atoms with van der Waals surface area (Å²) in [6, 6.07) is 87.1. The van der Waals surface area contributed by atoms with Crippen molar-refractivity contribution in [3.63, 3.8) is 0 Å². The van der Waals surface area contributed by atoms with E-state index in [9.17, 15) is 9.59 Å². The van der Waals surface area contributed by atoms with E-state index in [-0.39, 0.29) is 27.8 Å². The molecule has 12 aromatic rings. The lowest BCUT2D eigenvalue weighted by Gasteiger charge is -2.34. The predicted molar refractivity (Wildman–Crippen MR) is 455 cm³/mol. The maximum absolute atomic E-state index is 12.8. The fourth-order valence-electron chi connectivity index (χ4n) is 22.4. The minimum atomic E-state index is -0.309. The Labute approximate surface area is 653 Å². The van der Waals surface area contributed by atoms with E-state index in [1.807, 2.05) is 24.3 Å². The van der Waals surface area contributed by atoms with Crippen molar-refractivity contribution < 1.29 is 14.3 Å². The van der Waals surface area contributed by atoms with Gasteiger partial charge < -0.3 is 4.74 Å². The smallest absolute Gasteiger partial charge is 0.164 e. The van der Waals surface area contributed by atoms with Crippen LogP contribution in [0.3, 0.4) is 0 Å². The molecule has 0 amide bonds. The largest absolute Gasteiger partial charge is 0.380 e. The molecular formula is C107H104O3. The zero-order valence-electron chi connectivity index (χ0n) is 66.2. The SMILES string of the molecule is Cc1ccc2c(c1)C1(CC(=O)c3ccccc31)c1cc(C)ccc1-2.Cc1ccc2c(c1)C1(CC(=O)c3ccccc31)c1ccccc1-2.Cc1ccc2c(c1)C1(CCCCCCC1)c1cc(C)ccc1-2.Cc1ccc2c(c1)C1(CCCCCCC1)c1cc(C)ccc1-2.Cc1ccc2c(c1)C1(CCOC1)c1cc(C)ccc1-2. The third-order valence-electron chi connectivity index (χ3n) is 27.5. The van der Waals surface area contributed by atoms with E-state index in [1.165, 1.54) is 240 Å². The minimum Gasteiger partial charge on any atom is -0.380 e. The van der Waals surface area contributed by atoms with Crippen LogP contribution >= 0.6 is 0 Å². The van der Waals surface area contributed by atoms with Crippen LogP contribution in [0.1, 0.15) is 247 Å². The van der Waals surface area contributed by atoms with Crippen molar-refractivity contribution in [2.24, 2.45) is 0 Å². The van der Waals surface area contributed by atoms with Crippen LogP contribution in [-0.4, -0.2) is 24.8 Å². The summed E-state index contributed by atoms with van der Waals surface area (Å²) in [5, 5.41) is 0. The molecule has 3 nitrogen and oxygen atoms in total. The van der Waals surface area contributed by atoms with E-state index >= 15 is 0 Å². The molecule has 1 unspecified atom stereocenters. The van der Waals surface area contributed by atoms with Gasteiger partial charge in [-0.1, -0.05) is 351 Å². The first-order valence-corrected chi connectivity index (χ1v) is 41.4. The molecule has 1 aliphatic heterocycles. The topological polar surface area (TPSA) is 43.4 Å². The van der Waals surface area contributed by atoms with Crippen molar-refractivity contribution in [1.82, 2.24) is 0 Å². The Bertz CT molecular complexity index is 5350. The molecule has 0 aromatic heterocycles. The number of ketones is 2. The maximum atomic E-state index is 12.8. The minimum absolute atomic E-state index is 0.114. The number of ether oxygens (including phenoxy) is 1. The molecule has 10 aliphatic rings. The Morgan fingerprint density at radius 1 is 0.218 bits per heavy atom. The Morgan fingerprint density at radius 3 is 0.718 bits per heavy atom. The number of benzene rings is 12. The quantitative estimate of drug-likeness (QED) is 0.152. The molecule has 550 valence electrons. The highest BCUT2D eigenvalue weighted by atomic mass is 16.5. The van der Waals surface area contributed by atoms with Crippen LogP contribution < -0.4 is 0 Å². The molecule has 12 aromatic carbocycles. The van der Waals surface area contributed by atoms with Gasteiger partial charge in [-0.25, -0.2) is 0 Å². The van der Waals surface area contributed by atoms with Crippen LogP contribution in [0, 0.1) is 62.3 Å². The first kappa shape index (κ1) is 71.5. The third kappa shape index (κ3) is 11.5. The van der Waals surface area contributed by atoms with Crippen LogP contribution in [0.5, 0.6) is 0 Å². The van der Waals surface area contributed by atoms with Gasteiger partial charge in [0.25, 0.3) is 0 Å². The molecule has 1 heterocycles. The standard InChI is InChI=1S/C23H18O.C22H16O.2C22H26.C18H18O/c1-14-7-9-16-17-10-8-15(2)12-21(17)23(20(16)11-14)13-22(24)18-5-3-4-6-19(18)23;1-14-10-11-16-15-6-2-4-8-18(15)22(20(16)12-14)13-21(23)17-7-3-5-9-19(17)22;2*1-16-8-10-18-19-11-9-17(2)15-21(19)22(20(18)14-16)12-6-4-3-5-7-13-22;1-12-3-5-14-15-6-4-13(2)10-17(15)18(16(14)9-12)7-8-19-11-18/h3-12H,13H2,1-2H3;2-12H,13H2,1H3;2*8-11,14-15H,3-7,12-13H2,1-2H3;3-6,9-10H,7-8,11H2,1-2H3. The van der Waals surface area contributed by atoms with E-state index in [1.54, 1.807) is 22.3 Å². The molecule has 5 spiro atoms. The first-order valence-electron chi connectivity index (χ1n) is 41.4. The molecule has 1 atom stereocenters. The monoisotopic (exact) mass is 1440 g/mol. The van der Waals surface area contributed by atoms with Crippen LogP contribution in [-0.2, 0) is 31.8 Å². The van der Waals surface area contributed by atoms with Crippen molar-refractivity contribution in [1.29, 1.82) is 0 Å². The molecule has 1 saturated heterocycles. The number of carbonyl (C=O) groups is 2. The van der Waals surface area contributed by atoms with Gasteiger partial charge in [0.15, 0.2) is 11.6 Å². The highest BCUT2D eigenvalue weighted by Gasteiger charge is 2.54.